The standard InChI is InChI=1S/C23H26ClN3O5S2/c1-30-20-12-16(13-21(31-2)22(20)32-3)11-18-15-33-23(25-18)26-7-9-27(10-8-26)34(28,29)19-6-4-5-17(24)14-19/h4-6,12-15H,7-11H2,1-3H3. The Labute approximate surface area is 208 Å². The number of rotatable bonds is 8. The first-order valence-electron chi connectivity index (χ1n) is 10.6. The van der Waals surface area contributed by atoms with E-state index in [1.165, 1.54) is 10.4 Å². The van der Waals surface area contributed by atoms with Crippen LogP contribution in [0.15, 0.2) is 46.7 Å². The summed E-state index contributed by atoms with van der Waals surface area (Å²) in [4.78, 5) is 7.12. The quantitative estimate of drug-likeness (QED) is 0.442. The van der Waals surface area contributed by atoms with Crippen molar-refractivity contribution in [2.45, 2.75) is 11.3 Å². The third-order valence-electron chi connectivity index (χ3n) is 5.59. The van der Waals surface area contributed by atoms with Crippen molar-refractivity contribution in [1.82, 2.24) is 9.29 Å². The Bertz CT molecular complexity index is 1230. The molecule has 0 radical (unpaired) electrons. The van der Waals surface area contributed by atoms with Gasteiger partial charge >= 0.3 is 0 Å². The highest BCUT2D eigenvalue weighted by atomic mass is 35.5. The molecule has 2 heterocycles. The van der Waals surface area contributed by atoms with Gasteiger partial charge in [0.15, 0.2) is 16.6 Å². The minimum absolute atomic E-state index is 0.218. The summed E-state index contributed by atoms with van der Waals surface area (Å²) in [7, 11) is 1.19. The molecule has 8 nitrogen and oxygen atoms in total. The third-order valence-corrected chi connectivity index (χ3v) is 8.67. The maximum absolute atomic E-state index is 12.9. The second-order valence-electron chi connectivity index (χ2n) is 7.68. The molecule has 0 N–H and O–H groups in total. The Hall–Kier alpha value is -2.53. The molecule has 1 fully saturated rings. The minimum atomic E-state index is -3.57. The van der Waals surface area contributed by atoms with Crippen LogP contribution in [0.4, 0.5) is 5.13 Å². The van der Waals surface area contributed by atoms with Crippen LogP contribution in [0.3, 0.4) is 0 Å². The van der Waals surface area contributed by atoms with E-state index in [9.17, 15) is 8.42 Å². The van der Waals surface area contributed by atoms with Gasteiger partial charge in [-0.1, -0.05) is 17.7 Å². The number of hydrogen-bond acceptors (Lipinski definition) is 8. The van der Waals surface area contributed by atoms with Crippen LogP contribution in [-0.2, 0) is 16.4 Å². The summed E-state index contributed by atoms with van der Waals surface area (Å²) in [6.07, 6.45) is 0.607. The molecule has 0 unspecified atom stereocenters. The summed E-state index contributed by atoms with van der Waals surface area (Å²) in [5, 5.41) is 3.30. The molecule has 182 valence electrons. The van der Waals surface area contributed by atoms with E-state index >= 15 is 0 Å². The van der Waals surface area contributed by atoms with E-state index in [-0.39, 0.29) is 4.90 Å². The van der Waals surface area contributed by atoms with Crippen molar-refractivity contribution in [3.8, 4) is 17.2 Å². The van der Waals surface area contributed by atoms with Crippen molar-refractivity contribution in [3.63, 3.8) is 0 Å². The summed E-state index contributed by atoms with van der Waals surface area (Å²) >= 11 is 7.54. The second kappa shape index (κ2) is 10.4. The van der Waals surface area contributed by atoms with E-state index in [0.29, 0.717) is 54.9 Å². The van der Waals surface area contributed by atoms with Crippen LogP contribution >= 0.6 is 22.9 Å². The summed E-state index contributed by atoms with van der Waals surface area (Å²) < 4.78 is 43.7. The number of ether oxygens (including phenoxy) is 3. The van der Waals surface area contributed by atoms with Crippen molar-refractivity contribution in [2.75, 3.05) is 52.4 Å². The molecule has 1 aliphatic heterocycles. The topological polar surface area (TPSA) is 81.2 Å². The lowest BCUT2D eigenvalue weighted by atomic mass is 10.1. The van der Waals surface area contributed by atoms with E-state index in [1.807, 2.05) is 17.5 Å². The first-order valence-corrected chi connectivity index (χ1v) is 13.3. The SMILES string of the molecule is COc1cc(Cc2csc(N3CCN(S(=O)(=O)c4cccc(Cl)c4)CC3)n2)cc(OC)c1OC. The lowest BCUT2D eigenvalue weighted by Gasteiger charge is -2.33. The average molecular weight is 524 g/mol. The van der Waals surface area contributed by atoms with Crippen molar-refractivity contribution < 1.29 is 22.6 Å². The molecule has 1 aliphatic rings. The Balaban J connectivity index is 1.43. The van der Waals surface area contributed by atoms with E-state index < -0.39 is 10.0 Å². The molecule has 0 spiro atoms. The van der Waals surface area contributed by atoms with Gasteiger partial charge < -0.3 is 19.1 Å². The van der Waals surface area contributed by atoms with E-state index in [2.05, 4.69) is 4.90 Å². The molecule has 0 saturated carbocycles. The zero-order valence-corrected chi connectivity index (χ0v) is 21.5. The van der Waals surface area contributed by atoms with Crippen LogP contribution in [0, 0.1) is 0 Å². The van der Waals surface area contributed by atoms with Gasteiger partial charge in [-0.15, -0.1) is 11.3 Å². The normalized spacial score (nSPS) is 14.8. The second-order valence-corrected chi connectivity index (χ2v) is 10.9. The van der Waals surface area contributed by atoms with Gasteiger partial charge in [-0.2, -0.15) is 4.31 Å². The summed E-state index contributed by atoms with van der Waals surface area (Å²) in [6.45, 7) is 1.90. The molecule has 0 amide bonds. The van der Waals surface area contributed by atoms with Gasteiger partial charge in [0.25, 0.3) is 0 Å². The fraction of sp³-hybridized carbons (Fsp3) is 0.348. The van der Waals surface area contributed by atoms with E-state index in [0.717, 1.165) is 16.4 Å². The van der Waals surface area contributed by atoms with Gasteiger partial charge in [0, 0.05) is 43.0 Å². The van der Waals surface area contributed by atoms with Crippen molar-refractivity contribution >= 4 is 38.1 Å². The molecule has 3 aromatic rings. The molecular weight excluding hydrogens is 498 g/mol. The average Bonchev–Trinajstić information content (AvgIpc) is 3.31. The lowest BCUT2D eigenvalue weighted by molar-refractivity contribution is 0.324. The molecule has 11 heteroatoms. The predicted molar refractivity (Wildman–Crippen MR) is 133 cm³/mol. The Morgan fingerprint density at radius 1 is 1.00 bits per heavy atom. The smallest absolute Gasteiger partial charge is 0.243 e. The number of benzene rings is 2. The van der Waals surface area contributed by atoms with Crippen LogP contribution < -0.4 is 19.1 Å². The highest BCUT2D eigenvalue weighted by molar-refractivity contribution is 7.89. The molecule has 0 bridgehead atoms. The number of hydrogen-bond donors (Lipinski definition) is 0. The van der Waals surface area contributed by atoms with Crippen molar-refractivity contribution in [1.29, 1.82) is 0 Å². The highest BCUT2D eigenvalue weighted by Crippen LogP contribution is 2.39. The Kier molecular flexibility index (Phi) is 7.51. The van der Waals surface area contributed by atoms with Gasteiger partial charge in [-0.3, -0.25) is 0 Å². The van der Waals surface area contributed by atoms with E-state index in [4.69, 9.17) is 30.8 Å². The van der Waals surface area contributed by atoms with Crippen LogP contribution in [-0.4, -0.2) is 65.2 Å². The van der Waals surface area contributed by atoms with Gasteiger partial charge in [0.1, 0.15) is 0 Å². The number of aromatic nitrogens is 1. The zero-order chi connectivity index (χ0) is 24.3. The lowest BCUT2D eigenvalue weighted by Crippen LogP contribution is -2.48. The summed E-state index contributed by atoms with van der Waals surface area (Å²) in [5.74, 6) is 1.76. The Morgan fingerprint density at radius 3 is 2.26 bits per heavy atom. The summed E-state index contributed by atoms with van der Waals surface area (Å²) in [5.41, 5.74) is 1.91. The fourth-order valence-electron chi connectivity index (χ4n) is 3.87. The minimum Gasteiger partial charge on any atom is -0.493 e. The number of halogens is 1. The number of nitrogens with zero attached hydrogens (tertiary/aromatic N) is 3. The van der Waals surface area contributed by atoms with Crippen LogP contribution in [0.1, 0.15) is 11.3 Å². The molecular formula is C23H26ClN3O5S2. The van der Waals surface area contributed by atoms with Gasteiger partial charge in [-0.25, -0.2) is 13.4 Å². The first kappa shape index (κ1) is 24.6. The van der Waals surface area contributed by atoms with Gasteiger partial charge in [0.2, 0.25) is 15.8 Å². The van der Waals surface area contributed by atoms with Crippen molar-refractivity contribution in [3.05, 3.63) is 58.1 Å². The molecule has 4 rings (SSSR count). The van der Waals surface area contributed by atoms with Gasteiger partial charge in [0.05, 0.1) is 31.9 Å². The molecule has 0 aliphatic carbocycles. The van der Waals surface area contributed by atoms with Crippen LogP contribution in [0.2, 0.25) is 5.02 Å². The highest BCUT2D eigenvalue weighted by Gasteiger charge is 2.29. The van der Waals surface area contributed by atoms with Crippen LogP contribution in [0.25, 0.3) is 0 Å². The number of sulfonamides is 1. The number of thiazole rings is 1. The number of methoxy groups -OCH3 is 3. The fourth-order valence-corrected chi connectivity index (χ4v) is 6.47. The van der Waals surface area contributed by atoms with Gasteiger partial charge in [-0.05, 0) is 35.9 Å². The maximum atomic E-state index is 12.9. The molecule has 1 aromatic heterocycles. The molecule has 2 aromatic carbocycles. The molecule has 1 saturated heterocycles. The zero-order valence-electron chi connectivity index (χ0n) is 19.2. The third kappa shape index (κ3) is 5.10. The largest absolute Gasteiger partial charge is 0.493 e. The predicted octanol–water partition coefficient (Wildman–Crippen LogP) is 3.92. The van der Waals surface area contributed by atoms with Crippen LogP contribution in [0.5, 0.6) is 17.2 Å². The number of piperazine rings is 1. The Morgan fingerprint density at radius 2 is 1.68 bits per heavy atom. The van der Waals surface area contributed by atoms with Crippen molar-refractivity contribution in [2.24, 2.45) is 0 Å². The first-order chi connectivity index (χ1) is 16.3. The molecule has 0 atom stereocenters. The van der Waals surface area contributed by atoms with E-state index in [1.54, 1.807) is 50.9 Å². The molecule has 34 heavy (non-hydrogen) atoms. The number of anilines is 1. The summed E-state index contributed by atoms with van der Waals surface area (Å²) in [6, 6.07) is 10.2. The monoisotopic (exact) mass is 523 g/mol. The maximum Gasteiger partial charge on any atom is 0.243 e.